The molecular formula is C20H24N4O3. The standard InChI is InChI=1S/C20H24N4O3/c1-13-11-21-14(2)19(22-13)23-15-7-9-24(10-8-15)20(25)18-12-26-16-5-3-4-6-17(16)27-18/h3-6,11,15,18H,7-10,12H2,1-2H3,(H,22,23). The number of nitrogens with one attached hydrogen (secondary N) is 1. The van der Waals surface area contributed by atoms with Gasteiger partial charge in [-0.15, -0.1) is 0 Å². The number of aromatic nitrogens is 2. The smallest absolute Gasteiger partial charge is 0.267 e. The average Bonchev–Trinajstić information content (AvgIpc) is 2.70. The molecule has 1 saturated heterocycles. The molecule has 0 bridgehead atoms. The summed E-state index contributed by atoms with van der Waals surface area (Å²) in [5.74, 6) is 2.15. The Kier molecular flexibility index (Phi) is 4.83. The van der Waals surface area contributed by atoms with Gasteiger partial charge in [-0.05, 0) is 38.8 Å². The van der Waals surface area contributed by atoms with E-state index in [-0.39, 0.29) is 18.6 Å². The number of hydrogen-bond acceptors (Lipinski definition) is 6. The van der Waals surface area contributed by atoms with E-state index in [2.05, 4.69) is 15.3 Å². The second kappa shape index (κ2) is 7.42. The Balaban J connectivity index is 1.33. The van der Waals surface area contributed by atoms with E-state index in [0.29, 0.717) is 24.6 Å². The lowest BCUT2D eigenvalue weighted by atomic mass is 10.0. The van der Waals surface area contributed by atoms with Gasteiger partial charge in [0.15, 0.2) is 11.5 Å². The molecule has 1 aromatic heterocycles. The molecule has 3 heterocycles. The van der Waals surface area contributed by atoms with E-state index in [1.165, 1.54) is 0 Å². The van der Waals surface area contributed by atoms with Crippen molar-refractivity contribution in [1.29, 1.82) is 0 Å². The molecule has 0 saturated carbocycles. The summed E-state index contributed by atoms with van der Waals surface area (Å²) in [7, 11) is 0. The number of ether oxygens (including phenoxy) is 2. The maximum Gasteiger partial charge on any atom is 0.267 e. The van der Waals surface area contributed by atoms with E-state index in [4.69, 9.17) is 9.47 Å². The number of carbonyl (C=O) groups excluding carboxylic acids is 1. The first-order valence-electron chi connectivity index (χ1n) is 9.34. The molecule has 1 amide bonds. The topological polar surface area (TPSA) is 76.6 Å². The lowest BCUT2D eigenvalue weighted by molar-refractivity contribution is -0.142. The first-order chi connectivity index (χ1) is 13.1. The van der Waals surface area contributed by atoms with Gasteiger partial charge in [-0.3, -0.25) is 9.78 Å². The lowest BCUT2D eigenvalue weighted by Gasteiger charge is -2.35. The molecule has 2 aliphatic rings. The van der Waals surface area contributed by atoms with Crippen LogP contribution in [0, 0.1) is 13.8 Å². The third kappa shape index (κ3) is 3.82. The molecule has 4 rings (SSSR count). The highest BCUT2D eigenvalue weighted by molar-refractivity contribution is 5.82. The Bertz CT molecular complexity index is 834. The first-order valence-corrected chi connectivity index (χ1v) is 9.34. The van der Waals surface area contributed by atoms with Crippen molar-refractivity contribution < 1.29 is 14.3 Å². The molecule has 7 heteroatoms. The van der Waals surface area contributed by atoms with E-state index >= 15 is 0 Å². The molecule has 27 heavy (non-hydrogen) atoms. The average molecular weight is 368 g/mol. The van der Waals surface area contributed by atoms with Crippen molar-refractivity contribution in [2.24, 2.45) is 0 Å². The number of rotatable bonds is 3. The van der Waals surface area contributed by atoms with Gasteiger partial charge in [0.2, 0.25) is 6.10 Å². The van der Waals surface area contributed by atoms with Crippen LogP contribution in [0.25, 0.3) is 0 Å². The minimum atomic E-state index is -0.575. The van der Waals surface area contributed by atoms with Gasteiger partial charge in [0, 0.05) is 25.3 Å². The number of benzene rings is 1. The summed E-state index contributed by atoms with van der Waals surface area (Å²) in [5.41, 5.74) is 1.79. The summed E-state index contributed by atoms with van der Waals surface area (Å²) < 4.78 is 11.5. The third-order valence-electron chi connectivity index (χ3n) is 5.01. The summed E-state index contributed by atoms with van der Waals surface area (Å²) in [6.45, 7) is 5.52. The Hall–Kier alpha value is -2.83. The quantitative estimate of drug-likeness (QED) is 0.896. The molecule has 1 fully saturated rings. The summed E-state index contributed by atoms with van der Waals surface area (Å²) in [6, 6.07) is 7.73. The Morgan fingerprint density at radius 1 is 1.19 bits per heavy atom. The van der Waals surface area contributed by atoms with Gasteiger partial charge < -0.3 is 19.7 Å². The van der Waals surface area contributed by atoms with Gasteiger partial charge in [0.1, 0.15) is 12.4 Å². The predicted molar refractivity (Wildman–Crippen MR) is 101 cm³/mol. The maximum atomic E-state index is 12.8. The monoisotopic (exact) mass is 368 g/mol. The molecule has 2 aliphatic heterocycles. The van der Waals surface area contributed by atoms with Crippen molar-refractivity contribution in [3.8, 4) is 11.5 Å². The van der Waals surface area contributed by atoms with E-state index < -0.39 is 6.10 Å². The largest absolute Gasteiger partial charge is 0.485 e. The number of likely N-dealkylation sites (tertiary alicyclic amines) is 1. The van der Waals surface area contributed by atoms with E-state index in [0.717, 1.165) is 30.0 Å². The number of fused-ring (bicyclic) bond motifs is 1. The summed E-state index contributed by atoms with van der Waals surface area (Å²) in [5, 5.41) is 3.47. The second-order valence-corrected chi connectivity index (χ2v) is 7.05. The van der Waals surface area contributed by atoms with Crippen molar-refractivity contribution in [2.75, 3.05) is 25.0 Å². The van der Waals surface area contributed by atoms with Crippen LogP contribution in [0.15, 0.2) is 30.5 Å². The van der Waals surface area contributed by atoms with Gasteiger partial charge in [-0.25, -0.2) is 4.98 Å². The van der Waals surface area contributed by atoms with Crippen molar-refractivity contribution >= 4 is 11.7 Å². The van der Waals surface area contributed by atoms with Crippen molar-refractivity contribution in [3.63, 3.8) is 0 Å². The Labute approximate surface area is 158 Å². The van der Waals surface area contributed by atoms with Crippen LogP contribution in [0.2, 0.25) is 0 Å². The van der Waals surface area contributed by atoms with Crippen LogP contribution < -0.4 is 14.8 Å². The second-order valence-electron chi connectivity index (χ2n) is 7.05. The van der Waals surface area contributed by atoms with Crippen LogP contribution >= 0.6 is 0 Å². The van der Waals surface area contributed by atoms with Crippen molar-refractivity contribution in [3.05, 3.63) is 41.9 Å². The van der Waals surface area contributed by atoms with Gasteiger partial charge >= 0.3 is 0 Å². The molecule has 1 atom stereocenters. The minimum absolute atomic E-state index is 0.00511. The molecule has 2 aromatic rings. The molecule has 142 valence electrons. The fourth-order valence-corrected chi connectivity index (χ4v) is 3.46. The molecular weight excluding hydrogens is 344 g/mol. The van der Waals surface area contributed by atoms with E-state index in [9.17, 15) is 4.79 Å². The zero-order valence-electron chi connectivity index (χ0n) is 15.6. The number of anilines is 1. The van der Waals surface area contributed by atoms with Gasteiger partial charge in [0.25, 0.3) is 5.91 Å². The van der Waals surface area contributed by atoms with Gasteiger partial charge in [0.05, 0.1) is 11.4 Å². The Morgan fingerprint density at radius 2 is 1.93 bits per heavy atom. The molecule has 0 radical (unpaired) electrons. The number of para-hydroxylation sites is 2. The zero-order valence-corrected chi connectivity index (χ0v) is 15.6. The number of piperidine rings is 1. The van der Waals surface area contributed by atoms with Crippen LogP contribution in [-0.4, -0.2) is 52.6 Å². The van der Waals surface area contributed by atoms with Crippen molar-refractivity contribution in [2.45, 2.75) is 38.8 Å². The minimum Gasteiger partial charge on any atom is -0.485 e. The highest BCUT2D eigenvalue weighted by Gasteiger charge is 2.33. The molecule has 1 N–H and O–H groups in total. The van der Waals surface area contributed by atoms with Gasteiger partial charge in [-0.2, -0.15) is 0 Å². The maximum absolute atomic E-state index is 12.8. The Morgan fingerprint density at radius 3 is 2.70 bits per heavy atom. The fourth-order valence-electron chi connectivity index (χ4n) is 3.46. The molecule has 0 spiro atoms. The molecule has 1 aromatic carbocycles. The lowest BCUT2D eigenvalue weighted by Crippen LogP contribution is -2.50. The summed E-state index contributed by atoms with van der Waals surface area (Å²) in [6.07, 6.45) is 2.93. The van der Waals surface area contributed by atoms with Crippen LogP contribution in [0.5, 0.6) is 11.5 Å². The SMILES string of the molecule is Cc1cnc(C)c(NC2CCN(C(=O)C3COc4ccccc4O3)CC2)n1. The highest BCUT2D eigenvalue weighted by atomic mass is 16.6. The first kappa shape index (κ1) is 17.6. The fraction of sp³-hybridized carbons (Fsp3) is 0.450. The van der Waals surface area contributed by atoms with E-state index in [1.54, 1.807) is 6.20 Å². The van der Waals surface area contributed by atoms with Gasteiger partial charge in [-0.1, -0.05) is 12.1 Å². The predicted octanol–water partition coefficient (Wildman–Crippen LogP) is 2.34. The summed E-state index contributed by atoms with van der Waals surface area (Å²) >= 11 is 0. The zero-order chi connectivity index (χ0) is 18.8. The number of nitrogens with zero attached hydrogens (tertiary/aromatic N) is 3. The number of carbonyl (C=O) groups is 1. The van der Waals surface area contributed by atoms with Crippen LogP contribution in [0.3, 0.4) is 0 Å². The number of hydrogen-bond donors (Lipinski definition) is 1. The normalized spacial score (nSPS) is 19.6. The van der Waals surface area contributed by atoms with Crippen LogP contribution in [-0.2, 0) is 4.79 Å². The van der Waals surface area contributed by atoms with E-state index in [1.807, 2.05) is 43.0 Å². The number of amides is 1. The third-order valence-corrected chi connectivity index (χ3v) is 5.01. The molecule has 0 aliphatic carbocycles. The molecule has 1 unspecified atom stereocenters. The number of aryl methyl sites for hydroxylation is 2. The summed E-state index contributed by atoms with van der Waals surface area (Å²) in [4.78, 5) is 23.5. The van der Waals surface area contributed by atoms with Crippen LogP contribution in [0.1, 0.15) is 24.2 Å². The molecule has 7 nitrogen and oxygen atoms in total. The highest BCUT2D eigenvalue weighted by Crippen LogP contribution is 2.31. The van der Waals surface area contributed by atoms with Crippen LogP contribution in [0.4, 0.5) is 5.82 Å². The van der Waals surface area contributed by atoms with Crippen molar-refractivity contribution in [1.82, 2.24) is 14.9 Å².